The minimum Gasteiger partial charge on any atom is -0.455 e. The van der Waals surface area contributed by atoms with Crippen LogP contribution in [0.2, 0.25) is 0 Å². The summed E-state index contributed by atoms with van der Waals surface area (Å²) < 4.78 is 5.86. The Morgan fingerprint density at radius 2 is 1.62 bits per heavy atom. The fourth-order valence-electron chi connectivity index (χ4n) is 2.67. The number of carbonyl (C=O) groups is 2. The minimum absolute atomic E-state index is 0.0548. The van der Waals surface area contributed by atoms with E-state index in [1.54, 1.807) is 44.4 Å². The summed E-state index contributed by atoms with van der Waals surface area (Å²) in [5, 5.41) is 5.90. The Hall–Kier alpha value is -3.80. The molecule has 3 rings (SSSR count). The van der Waals surface area contributed by atoms with Crippen molar-refractivity contribution in [2.75, 3.05) is 31.3 Å². The van der Waals surface area contributed by atoms with Crippen molar-refractivity contribution >= 4 is 23.2 Å². The van der Waals surface area contributed by atoms with Gasteiger partial charge in [0, 0.05) is 25.3 Å². The third-order valence-electron chi connectivity index (χ3n) is 4.10. The average molecular weight is 389 g/mol. The Morgan fingerprint density at radius 3 is 2.38 bits per heavy atom. The van der Waals surface area contributed by atoms with Crippen LogP contribution in [0, 0.1) is 0 Å². The molecule has 0 atom stereocenters. The third-order valence-corrected chi connectivity index (χ3v) is 4.10. The van der Waals surface area contributed by atoms with Crippen LogP contribution in [0.25, 0.3) is 0 Å². The normalized spacial score (nSPS) is 10.1. The summed E-state index contributed by atoms with van der Waals surface area (Å²) in [5.74, 6) is 0.934. The second-order valence-corrected chi connectivity index (χ2v) is 6.59. The van der Waals surface area contributed by atoms with Gasteiger partial charge in [0.15, 0.2) is 5.75 Å². The van der Waals surface area contributed by atoms with Gasteiger partial charge < -0.3 is 20.3 Å². The summed E-state index contributed by atoms with van der Waals surface area (Å²) in [7, 11) is 3.40. The molecule has 0 spiro atoms. The standard InChI is InChI=1S/C23H23N3O3/c1-26(2)23(28)17-9-8-10-18(15-17)24-16-22(27)25-20-13-6-7-14-21(20)29-19-11-4-3-5-12-19/h3-15,24H,16H2,1-2H3,(H,25,27). The first-order valence-electron chi connectivity index (χ1n) is 9.20. The zero-order chi connectivity index (χ0) is 20.6. The maximum Gasteiger partial charge on any atom is 0.253 e. The fourth-order valence-corrected chi connectivity index (χ4v) is 2.67. The van der Waals surface area contributed by atoms with Crippen LogP contribution < -0.4 is 15.4 Å². The summed E-state index contributed by atoms with van der Waals surface area (Å²) in [6.07, 6.45) is 0. The van der Waals surface area contributed by atoms with Crippen LogP contribution >= 0.6 is 0 Å². The lowest BCUT2D eigenvalue weighted by Gasteiger charge is -2.14. The van der Waals surface area contributed by atoms with Gasteiger partial charge in [-0.15, -0.1) is 0 Å². The number of amides is 2. The van der Waals surface area contributed by atoms with Gasteiger partial charge in [-0.2, -0.15) is 0 Å². The van der Waals surface area contributed by atoms with Gasteiger partial charge in [-0.3, -0.25) is 9.59 Å². The SMILES string of the molecule is CN(C)C(=O)c1cccc(NCC(=O)Nc2ccccc2Oc2ccccc2)c1. The summed E-state index contributed by atoms with van der Waals surface area (Å²) in [4.78, 5) is 26.0. The lowest BCUT2D eigenvalue weighted by atomic mass is 10.2. The number of hydrogen-bond donors (Lipinski definition) is 2. The highest BCUT2D eigenvalue weighted by atomic mass is 16.5. The van der Waals surface area contributed by atoms with Crippen LogP contribution in [-0.4, -0.2) is 37.4 Å². The van der Waals surface area contributed by atoms with E-state index in [4.69, 9.17) is 4.74 Å². The predicted octanol–water partition coefficient (Wildman–Crippen LogP) is 4.23. The van der Waals surface area contributed by atoms with E-state index in [-0.39, 0.29) is 18.4 Å². The van der Waals surface area contributed by atoms with E-state index in [9.17, 15) is 9.59 Å². The summed E-state index contributed by atoms with van der Waals surface area (Å²) in [5.41, 5.74) is 1.84. The van der Waals surface area contributed by atoms with Crippen molar-refractivity contribution in [3.63, 3.8) is 0 Å². The maximum atomic E-state index is 12.4. The predicted molar refractivity (Wildman–Crippen MR) is 115 cm³/mol. The topological polar surface area (TPSA) is 70.7 Å². The lowest BCUT2D eigenvalue weighted by molar-refractivity contribution is -0.114. The highest BCUT2D eigenvalue weighted by Crippen LogP contribution is 2.29. The Labute approximate surface area is 170 Å². The molecule has 0 radical (unpaired) electrons. The molecule has 3 aromatic rings. The van der Waals surface area contributed by atoms with E-state index in [2.05, 4.69) is 10.6 Å². The van der Waals surface area contributed by atoms with E-state index in [0.717, 1.165) is 0 Å². The molecule has 0 aliphatic carbocycles. The van der Waals surface area contributed by atoms with Gasteiger partial charge in [0.05, 0.1) is 12.2 Å². The molecule has 3 aromatic carbocycles. The minimum atomic E-state index is -0.224. The van der Waals surface area contributed by atoms with Crippen LogP contribution in [0.3, 0.4) is 0 Å². The number of anilines is 2. The lowest BCUT2D eigenvalue weighted by Crippen LogP contribution is -2.23. The first kappa shape index (κ1) is 19.9. The van der Waals surface area contributed by atoms with E-state index >= 15 is 0 Å². The maximum absolute atomic E-state index is 12.4. The molecule has 0 aliphatic rings. The second-order valence-electron chi connectivity index (χ2n) is 6.59. The molecule has 0 saturated heterocycles. The van der Waals surface area contributed by atoms with Gasteiger partial charge in [0.1, 0.15) is 5.75 Å². The molecule has 29 heavy (non-hydrogen) atoms. The van der Waals surface area contributed by atoms with Crippen molar-refractivity contribution in [3.05, 3.63) is 84.4 Å². The largest absolute Gasteiger partial charge is 0.455 e. The highest BCUT2D eigenvalue weighted by Gasteiger charge is 2.10. The van der Waals surface area contributed by atoms with E-state index in [0.29, 0.717) is 28.4 Å². The van der Waals surface area contributed by atoms with E-state index in [1.807, 2.05) is 48.5 Å². The summed E-state index contributed by atoms with van der Waals surface area (Å²) in [6, 6.07) is 23.7. The van der Waals surface area contributed by atoms with Gasteiger partial charge in [0.25, 0.3) is 5.91 Å². The Morgan fingerprint density at radius 1 is 0.897 bits per heavy atom. The molecule has 6 nitrogen and oxygen atoms in total. The second kappa shape index (κ2) is 9.41. The molecule has 0 aliphatic heterocycles. The Kier molecular flexibility index (Phi) is 6.47. The van der Waals surface area contributed by atoms with Crippen LogP contribution in [-0.2, 0) is 4.79 Å². The van der Waals surface area contributed by atoms with Crippen LogP contribution in [0.5, 0.6) is 11.5 Å². The van der Waals surface area contributed by atoms with Crippen molar-refractivity contribution < 1.29 is 14.3 Å². The zero-order valence-electron chi connectivity index (χ0n) is 16.4. The van der Waals surface area contributed by atoms with Crippen molar-refractivity contribution in [1.82, 2.24) is 4.90 Å². The van der Waals surface area contributed by atoms with Crippen LogP contribution in [0.15, 0.2) is 78.9 Å². The first-order valence-corrected chi connectivity index (χ1v) is 9.20. The average Bonchev–Trinajstić information content (AvgIpc) is 2.74. The van der Waals surface area contributed by atoms with Crippen molar-refractivity contribution in [2.45, 2.75) is 0 Å². The molecule has 0 aromatic heterocycles. The quantitative estimate of drug-likeness (QED) is 0.634. The van der Waals surface area contributed by atoms with Crippen LogP contribution in [0.1, 0.15) is 10.4 Å². The number of para-hydroxylation sites is 3. The van der Waals surface area contributed by atoms with Gasteiger partial charge in [-0.1, -0.05) is 36.4 Å². The van der Waals surface area contributed by atoms with Gasteiger partial charge in [-0.05, 0) is 42.5 Å². The highest BCUT2D eigenvalue weighted by molar-refractivity contribution is 5.96. The summed E-state index contributed by atoms with van der Waals surface area (Å²) >= 11 is 0. The monoisotopic (exact) mass is 389 g/mol. The first-order chi connectivity index (χ1) is 14.0. The Balaban J connectivity index is 1.62. The Bertz CT molecular complexity index is 987. The molecule has 6 heteroatoms. The molecule has 148 valence electrons. The number of benzene rings is 3. The number of carbonyl (C=O) groups excluding carboxylic acids is 2. The van der Waals surface area contributed by atoms with Crippen LogP contribution in [0.4, 0.5) is 11.4 Å². The molecular weight excluding hydrogens is 366 g/mol. The number of nitrogens with zero attached hydrogens (tertiary/aromatic N) is 1. The van der Waals surface area contributed by atoms with Crippen molar-refractivity contribution in [2.24, 2.45) is 0 Å². The fraction of sp³-hybridized carbons (Fsp3) is 0.130. The number of rotatable bonds is 7. The number of nitrogens with one attached hydrogen (secondary N) is 2. The molecular formula is C23H23N3O3. The molecule has 2 N–H and O–H groups in total. The van der Waals surface area contributed by atoms with E-state index < -0.39 is 0 Å². The van der Waals surface area contributed by atoms with Crippen molar-refractivity contribution in [1.29, 1.82) is 0 Å². The molecule has 0 fully saturated rings. The van der Waals surface area contributed by atoms with E-state index in [1.165, 1.54) is 4.90 Å². The molecule has 0 bridgehead atoms. The third kappa shape index (κ3) is 5.59. The number of ether oxygens (including phenoxy) is 1. The molecule has 0 heterocycles. The van der Waals surface area contributed by atoms with Gasteiger partial charge in [0.2, 0.25) is 5.91 Å². The molecule has 0 saturated carbocycles. The van der Waals surface area contributed by atoms with Crippen molar-refractivity contribution in [3.8, 4) is 11.5 Å². The molecule has 0 unspecified atom stereocenters. The number of hydrogen-bond acceptors (Lipinski definition) is 4. The molecule has 2 amide bonds. The smallest absolute Gasteiger partial charge is 0.253 e. The van der Waals surface area contributed by atoms with Gasteiger partial charge >= 0.3 is 0 Å². The van der Waals surface area contributed by atoms with Gasteiger partial charge in [-0.25, -0.2) is 0 Å². The summed E-state index contributed by atoms with van der Waals surface area (Å²) in [6.45, 7) is 0.0548. The zero-order valence-corrected chi connectivity index (χ0v) is 16.4.